The predicted molar refractivity (Wildman–Crippen MR) is 42.1 cm³/mol. The highest BCUT2D eigenvalue weighted by molar-refractivity contribution is 5.69. The third kappa shape index (κ3) is 5.22. The summed E-state index contributed by atoms with van der Waals surface area (Å²) in [5.41, 5.74) is 0. The van der Waals surface area contributed by atoms with E-state index in [2.05, 4.69) is 9.47 Å². The number of carbonyl (C=O) groups excluding carboxylic acids is 2. The van der Waals surface area contributed by atoms with E-state index in [0.717, 1.165) is 0 Å². The minimum absolute atomic E-state index is 0.192. The fourth-order valence-corrected chi connectivity index (χ4v) is 0.514. The smallest absolute Gasteiger partial charge is 0.308 e. The highest BCUT2D eigenvalue weighted by atomic mass is 16.5. The molecule has 0 aliphatic rings. The fourth-order valence-electron chi connectivity index (χ4n) is 0.514. The molecule has 0 saturated carbocycles. The van der Waals surface area contributed by atoms with Gasteiger partial charge in [-0.1, -0.05) is 0 Å². The molecule has 0 aromatic carbocycles. The molecule has 0 heterocycles. The lowest BCUT2D eigenvalue weighted by atomic mass is 10.4. The van der Waals surface area contributed by atoms with Gasteiger partial charge >= 0.3 is 5.97 Å². The maximum Gasteiger partial charge on any atom is 0.308 e. The molecule has 4 heteroatoms. The Balaban J connectivity index is 4.23. The van der Waals surface area contributed by atoms with Gasteiger partial charge in [-0.3, -0.25) is 9.59 Å². The van der Waals surface area contributed by atoms with Gasteiger partial charge in [0.25, 0.3) is 0 Å². The van der Waals surface area contributed by atoms with Crippen LogP contribution in [0.4, 0.5) is 0 Å². The highest BCUT2D eigenvalue weighted by Gasteiger charge is 1.96. The summed E-state index contributed by atoms with van der Waals surface area (Å²) in [6.07, 6.45) is 4.33. The van der Waals surface area contributed by atoms with E-state index in [1.807, 2.05) is 0 Å². The second-order valence-corrected chi connectivity index (χ2v) is 1.84. The number of esters is 1. The zero-order valence-electron chi connectivity index (χ0n) is 6.94. The number of aldehydes is 1. The van der Waals surface area contributed by atoms with Gasteiger partial charge in [-0.05, 0) is 12.2 Å². The Morgan fingerprint density at radius 1 is 1.42 bits per heavy atom. The van der Waals surface area contributed by atoms with Gasteiger partial charge < -0.3 is 9.47 Å². The van der Waals surface area contributed by atoms with E-state index in [9.17, 15) is 9.59 Å². The monoisotopic (exact) mass is 170 g/mol. The van der Waals surface area contributed by atoms with Gasteiger partial charge in [0.2, 0.25) is 0 Å². The van der Waals surface area contributed by atoms with Crippen molar-refractivity contribution < 1.29 is 19.1 Å². The van der Waals surface area contributed by atoms with E-state index in [1.54, 1.807) is 0 Å². The van der Waals surface area contributed by atoms with E-state index >= 15 is 0 Å². The second kappa shape index (κ2) is 6.15. The van der Waals surface area contributed by atoms with Crippen LogP contribution in [0, 0.1) is 0 Å². The van der Waals surface area contributed by atoms with Crippen LogP contribution < -0.4 is 0 Å². The normalized spacial score (nSPS) is 11.3. The van der Waals surface area contributed by atoms with Crippen molar-refractivity contribution in [3.8, 4) is 0 Å². The second-order valence-electron chi connectivity index (χ2n) is 1.84. The summed E-state index contributed by atoms with van der Waals surface area (Å²) in [6, 6.07) is 0. The molecule has 0 aliphatic carbocycles. The lowest BCUT2D eigenvalue weighted by Crippen LogP contribution is -1.97. The molecule has 0 fully saturated rings. The molecule has 4 nitrogen and oxygen atoms in total. The van der Waals surface area contributed by atoms with Crippen molar-refractivity contribution in [1.29, 1.82) is 0 Å². The molecule has 0 aliphatic heterocycles. The Morgan fingerprint density at radius 3 is 2.50 bits per heavy atom. The minimum Gasteiger partial charge on any atom is -0.500 e. The van der Waals surface area contributed by atoms with Crippen LogP contribution in [-0.4, -0.2) is 19.4 Å². The lowest BCUT2D eigenvalue weighted by Gasteiger charge is -1.99. The van der Waals surface area contributed by atoms with Crippen molar-refractivity contribution in [2.24, 2.45) is 0 Å². The largest absolute Gasteiger partial charge is 0.500 e. The zero-order valence-corrected chi connectivity index (χ0v) is 6.94. The molecule has 0 atom stereocenters. The van der Waals surface area contributed by atoms with Crippen LogP contribution in [0.15, 0.2) is 24.2 Å². The topological polar surface area (TPSA) is 52.6 Å². The van der Waals surface area contributed by atoms with Crippen LogP contribution in [0.2, 0.25) is 0 Å². The molecular formula is C8H10O4. The molecule has 0 aromatic heterocycles. The Hall–Kier alpha value is -1.58. The summed E-state index contributed by atoms with van der Waals surface area (Å²) in [4.78, 5) is 20.4. The predicted octanol–water partition coefficient (Wildman–Crippen LogP) is 0.792. The van der Waals surface area contributed by atoms with E-state index in [4.69, 9.17) is 0 Å². The van der Waals surface area contributed by atoms with Crippen molar-refractivity contribution >= 4 is 12.3 Å². The molecule has 66 valence electrons. The van der Waals surface area contributed by atoms with Crippen molar-refractivity contribution in [3.05, 3.63) is 24.2 Å². The number of hydrogen-bond acceptors (Lipinski definition) is 4. The van der Waals surface area contributed by atoms with Gasteiger partial charge in [-0.2, -0.15) is 0 Å². The summed E-state index contributed by atoms with van der Waals surface area (Å²) in [5, 5.41) is 0. The average Bonchev–Trinajstić information content (AvgIpc) is 2.00. The third-order valence-electron chi connectivity index (χ3n) is 0.835. The molecule has 0 aromatic rings. The van der Waals surface area contributed by atoms with E-state index in [0.29, 0.717) is 6.29 Å². The summed E-state index contributed by atoms with van der Waals surface area (Å²) < 4.78 is 9.24. The van der Waals surface area contributed by atoms with E-state index in [1.165, 1.54) is 32.4 Å². The average molecular weight is 170 g/mol. The summed E-state index contributed by atoms with van der Waals surface area (Å²) in [7, 11) is 1.41. The number of allylic oxidation sites excluding steroid dienone is 2. The Bertz CT molecular complexity index is 215. The van der Waals surface area contributed by atoms with Crippen molar-refractivity contribution in [2.75, 3.05) is 7.11 Å². The summed E-state index contributed by atoms with van der Waals surface area (Å²) in [5.74, 6) is -0.272. The number of methoxy groups -OCH3 is 1. The van der Waals surface area contributed by atoms with Crippen LogP contribution in [0.3, 0.4) is 0 Å². The van der Waals surface area contributed by atoms with E-state index < -0.39 is 5.97 Å². The molecule has 12 heavy (non-hydrogen) atoms. The van der Waals surface area contributed by atoms with Crippen molar-refractivity contribution in [3.63, 3.8) is 0 Å². The molecule has 0 saturated heterocycles. The van der Waals surface area contributed by atoms with Gasteiger partial charge in [-0.25, -0.2) is 0 Å². The minimum atomic E-state index is -0.464. The Morgan fingerprint density at radius 2 is 2.08 bits per heavy atom. The fraction of sp³-hybridized carbons (Fsp3) is 0.250. The molecule has 0 amide bonds. The van der Waals surface area contributed by atoms with Crippen LogP contribution >= 0.6 is 0 Å². The van der Waals surface area contributed by atoms with Gasteiger partial charge in [-0.15, -0.1) is 0 Å². The molecule has 0 N–H and O–H groups in total. The Labute approximate surface area is 70.5 Å². The summed E-state index contributed by atoms with van der Waals surface area (Å²) >= 11 is 0. The van der Waals surface area contributed by atoms with Crippen LogP contribution in [0.1, 0.15) is 6.92 Å². The molecule has 0 bridgehead atoms. The standard InChI is InChI=1S/C8H10O4/c1-7(10)12-8(6-11-2)4-3-5-9/h3-6H,1-2H3. The highest BCUT2D eigenvalue weighted by Crippen LogP contribution is 1.99. The van der Waals surface area contributed by atoms with Gasteiger partial charge in [0.05, 0.1) is 7.11 Å². The number of ether oxygens (including phenoxy) is 2. The quantitative estimate of drug-likeness (QED) is 0.206. The molecular weight excluding hydrogens is 160 g/mol. The summed E-state index contributed by atoms with van der Waals surface area (Å²) in [6.45, 7) is 1.26. The van der Waals surface area contributed by atoms with Crippen LogP contribution in [0.25, 0.3) is 0 Å². The first-order valence-electron chi connectivity index (χ1n) is 3.24. The van der Waals surface area contributed by atoms with Crippen molar-refractivity contribution in [1.82, 2.24) is 0 Å². The van der Waals surface area contributed by atoms with Crippen LogP contribution in [0.5, 0.6) is 0 Å². The van der Waals surface area contributed by atoms with Crippen LogP contribution in [-0.2, 0) is 19.1 Å². The van der Waals surface area contributed by atoms with E-state index in [-0.39, 0.29) is 5.76 Å². The molecule has 0 radical (unpaired) electrons. The first-order chi connectivity index (χ1) is 5.70. The molecule has 0 unspecified atom stereocenters. The van der Waals surface area contributed by atoms with Gasteiger partial charge in [0, 0.05) is 6.92 Å². The zero-order chi connectivity index (χ0) is 9.40. The number of hydrogen-bond donors (Lipinski definition) is 0. The first kappa shape index (κ1) is 10.4. The third-order valence-corrected chi connectivity index (χ3v) is 0.835. The first-order valence-corrected chi connectivity index (χ1v) is 3.24. The maximum absolute atomic E-state index is 10.5. The van der Waals surface area contributed by atoms with Gasteiger partial charge in [0.1, 0.15) is 12.5 Å². The number of carbonyl (C=O) groups is 2. The lowest BCUT2D eigenvalue weighted by molar-refractivity contribution is -0.136. The van der Waals surface area contributed by atoms with Crippen molar-refractivity contribution in [2.45, 2.75) is 6.92 Å². The maximum atomic E-state index is 10.5. The Kier molecular flexibility index (Phi) is 5.34. The molecule has 0 rings (SSSR count). The van der Waals surface area contributed by atoms with Gasteiger partial charge in [0.15, 0.2) is 5.76 Å². The SMILES string of the molecule is COC=C(C=CC=O)OC(C)=O. The number of rotatable bonds is 4. The molecule has 0 spiro atoms.